The van der Waals surface area contributed by atoms with E-state index in [-0.39, 0.29) is 11.5 Å². The predicted molar refractivity (Wildman–Crippen MR) is 65.9 cm³/mol. The van der Waals surface area contributed by atoms with E-state index in [2.05, 4.69) is 44.0 Å². The maximum Gasteiger partial charge on any atom is 0.0589 e. The average Bonchev–Trinajstić information content (AvgIpc) is 2.54. The van der Waals surface area contributed by atoms with E-state index in [0.29, 0.717) is 11.1 Å². The summed E-state index contributed by atoms with van der Waals surface area (Å²) in [5, 5.41) is 1.42. The summed E-state index contributed by atoms with van der Waals surface area (Å²) >= 11 is 12.2. The molecule has 82 valence electrons. The summed E-state index contributed by atoms with van der Waals surface area (Å²) in [4.78, 5) is 2.32. The molecule has 2 aliphatic rings. The molecule has 0 amide bonds. The SMILES string of the molecule is CC(C)(C)N1C=CC2C(Cl)=C(Cl)C=CC21. The molecule has 1 aliphatic carbocycles. The number of fused-ring (bicyclic) bond motifs is 1. The smallest absolute Gasteiger partial charge is 0.0589 e. The molecule has 2 rings (SSSR count). The van der Waals surface area contributed by atoms with Gasteiger partial charge in [-0.15, -0.1) is 0 Å². The second kappa shape index (κ2) is 3.57. The molecular formula is C12H15Cl2N. The quantitative estimate of drug-likeness (QED) is 0.625. The molecule has 2 unspecified atom stereocenters. The Labute approximate surface area is 101 Å². The highest BCUT2D eigenvalue weighted by Gasteiger charge is 2.37. The monoisotopic (exact) mass is 243 g/mol. The number of rotatable bonds is 0. The van der Waals surface area contributed by atoms with Crippen LogP contribution in [0.1, 0.15) is 20.8 Å². The van der Waals surface area contributed by atoms with Gasteiger partial charge in [0.15, 0.2) is 0 Å². The Morgan fingerprint density at radius 1 is 1.20 bits per heavy atom. The summed E-state index contributed by atoms with van der Waals surface area (Å²) in [6, 6.07) is 0.319. The molecule has 0 radical (unpaired) electrons. The van der Waals surface area contributed by atoms with Crippen LogP contribution in [0.2, 0.25) is 0 Å². The molecule has 0 aromatic heterocycles. The summed E-state index contributed by atoms with van der Waals surface area (Å²) in [5.74, 6) is 0.225. The fourth-order valence-corrected chi connectivity index (χ4v) is 2.57. The van der Waals surface area contributed by atoms with Crippen molar-refractivity contribution in [2.24, 2.45) is 5.92 Å². The first-order valence-corrected chi connectivity index (χ1v) is 5.87. The van der Waals surface area contributed by atoms with Crippen LogP contribution >= 0.6 is 23.2 Å². The van der Waals surface area contributed by atoms with Crippen molar-refractivity contribution in [3.05, 3.63) is 34.5 Å². The van der Waals surface area contributed by atoms with Crippen LogP contribution in [-0.4, -0.2) is 16.5 Å². The lowest BCUT2D eigenvalue weighted by Gasteiger charge is -2.39. The Morgan fingerprint density at radius 3 is 2.47 bits per heavy atom. The minimum absolute atomic E-state index is 0.112. The Balaban J connectivity index is 2.30. The molecule has 1 nitrogen and oxygen atoms in total. The predicted octanol–water partition coefficient (Wildman–Crippen LogP) is 3.86. The van der Waals surface area contributed by atoms with E-state index in [4.69, 9.17) is 23.2 Å². The summed E-state index contributed by atoms with van der Waals surface area (Å²) in [6.45, 7) is 6.59. The normalized spacial score (nSPS) is 30.1. The van der Waals surface area contributed by atoms with Crippen LogP contribution in [-0.2, 0) is 0 Å². The third kappa shape index (κ3) is 1.83. The van der Waals surface area contributed by atoms with E-state index in [9.17, 15) is 0 Å². The van der Waals surface area contributed by atoms with Crippen molar-refractivity contribution < 1.29 is 0 Å². The molecule has 0 saturated heterocycles. The van der Waals surface area contributed by atoms with Gasteiger partial charge in [-0.25, -0.2) is 0 Å². The van der Waals surface area contributed by atoms with E-state index in [0.717, 1.165) is 5.03 Å². The molecule has 1 aliphatic heterocycles. The Morgan fingerprint density at radius 2 is 1.87 bits per heavy atom. The van der Waals surface area contributed by atoms with Crippen molar-refractivity contribution in [2.75, 3.05) is 0 Å². The van der Waals surface area contributed by atoms with Crippen molar-refractivity contribution in [3.63, 3.8) is 0 Å². The van der Waals surface area contributed by atoms with Gasteiger partial charge in [-0.1, -0.05) is 35.4 Å². The van der Waals surface area contributed by atoms with Gasteiger partial charge in [0.25, 0.3) is 0 Å². The zero-order valence-corrected chi connectivity index (χ0v) is 10.7. The largest absolute Gasteiger partial charge is 0.366 e. The summed E-state index contributed by atoms with van der Waals surface area (Å²) in [7, 11) is 0. The molecule has 1 heterocycles. The van der Waals surface area contributed by atoms with Gasteiger partial charge in [0.05, 0.1) is 11.1 Å². The second-order valence-corrected chi connectivity index (χ2v) is 5.81. The highest BCUT2D eigenvalue weighted by Crippen LogP contribution is 2.40. The van der Waals surface area contributed by atoms with Gasteiger partial charge in [-0.2, -0.15) is 0 Å². The third-order valence-corrected chi connectivity index (χ3v) is 3.76. The summed E-state index contributed by atoms with van der Waals surface area (Å²) < 4.78 is 0. The zero-order valence-electron chi connectivity index (χ0n) is 9.17. The van der Waals surface area contributed by atoms with E-state index in [1.54, 1.807) is 0 Å². The molecular weight excluding hydrogens is 229 g/mol. The van der Waals surface area contributed by atoms with Crippen molar-refractivity contribution in [1.29, 1.82) is 0 Å². The molecule has 3 heteroatoms. The maximum absolute atomic E-state index is 6.20. The lowest BCUT2D eigenvalue weighted by molar-refractivity contribution is 0.172. The topological polar surface area (TPSA) is 3.24 Å². The van der Waals surface area contributed by atoms with Gasteiger partial charge in [-0.3, -0.25) is 0 Å². The first-order chi connectivity index (χ1) is 6.91. The molecule has 15 heavy (non-hydrogen) atoms. The molecule has 0 N–H and O–H groups in total. The van der Waals surface area contributed by atoms with Crippen LogP contribution in [0.3, 0.4) is 0 Å². The number of hydrogen-bond acceptors (Lipinski definition) is 1. The fourth-order valence-electron chi connectivity index (χ4n) is 2.11. The standard InChI is InChI=1S/C12H15Cl2N/c1-12(2,3)15-7-6-8-10(15)5-4-9(13)11(8)14/h4-8,10H,1-3H3. The number of allylic oxidation sites excluding steroid dienone is 2. The summed E-state index contributed by atoms with van der Waals surface area (Å²) in [6.07, 6.45) is 8.28. The van der Waals surface area contributed by atoms with Gasteiger partial charge in [0.1, 0.15) is 0 Å². The van der Waals surface area contributed by atoms with E-state index in [1.807, 2.05) is 6.08 Å². The highest BCUT2D eigenvalue weighted by atomic mass is 35.5. The first-order valence-electron chi connectivity index (χ1n) is 5.11. The number of hydrogen-bond donors (Lipinski definition) is 0. The minimum atomic E-state index is 0.112. The maximum atomic E-state index is 6.20. The molecule has 0 aromatic rings. The van der Waals surface area contributed by atoms with Crippen LogP contribution in [0.4, 0.5) is 0 Å². The molecule has 2 atom stereocenters. The van der Waals surface area contributed by atoms with Gasteiger partial charge in [0.2, 0.25) is 0 Å². The van der Waals surface area contributed by atoms with Crippen molar-refractivity contribution >= 4 is 23.2 Å². The van der Waals surface area contributed by atoms with Crippen molar-refractivity contribution in [1.82, 2.24) is 4.90 Å². The lowest BCUT2D eigenvalue weighted by atomic mass is 9.94. The average molecular weight is 244 g/mol. The Bertz CT molecular complexity index is 360. The molecule has 0 bridgehead atoms. The Hall–Kier alpha value is -0.400. The van der Waals surface area contributed by atoms with Gasteiger partial charge < -0.3 is 4.90 Å². The second-order valence-electron chi connectivity index (χ2n) is 4.99. The van der Waals surface area contributed by atoms with Crippen LogP contribution in [0.5, 0.6) is 0 Å². The van der Waals surface area contributed by atoms with E-state index in [1.165, 1.54) is 0 Å². The lowest BCUT2D eigenvalue weighted by Crippen LogP contribution is -2.44. The van der Waals surface area contributed by atoms with Crippen LogP contribution in [0.15, 0.2) is 34.5 Å². The van der Waals surface area contributed by atoms with Gasteiger partial charge in [0, 0.05) is 16.5 Å². The van der Waals surface area contributed by atoms with E-state index < -0.39 is 0 Å². The molecule has 0 saturated carbocycles. The summed E-state index contributed by atoms with van der Waals surface area (Å²) in [5.41, 5.74) is 0.112. The van der Waals surface area contributed by atoms with E-state index >= 15 is 0 Å². The van der Waals surface area contributed by atoms with Crippen LogP contribution in [0.25, 0.3) is 0 Å². The van der Waals surface area contributed by atoms with Crippen LogP contribution < -0.4 is 0 Å². The zero-order chi connectivity index (χ0) is 11.2. The van der Waals surface area contributed by atoms with Gasteiger partial charge in [-0.05, 0) is 33.0 Å². The van der Waals surface area contributed by atoms with Crippen molar-refractivity contribution in [3.8, 4) is 0 Å². The van der Waals surface area contributed by atoms with Gasteiger partial charge >= 0.3 is 0 Å². The highest BCUT2D eigenvalue weighted by molar-refractivity contribution is 6.40. The van der Waals surface area contributed by atoms with Crippen LogP contribution in [0, 0.1) is 5.92 Å². The molecule has 0 fully saturated rings. The first kappa shape index (κ1) is 11.1. The van der Waals surface area contributed by atoms with Crippen molar-refractivity contribution in [2.45, 2.75) is 32.4 Å². The minimum Gasteiger partial charge on any atom is -0.366 e. The number of halogens is 2. The Kier molecular flexibility index (Phi) is 2.64. The third-order valence-electron chi connectivity index (χ3n) is 2.88. The number of nitrogens with zero attached hydrogens (tertiary/aromatic N) is 1. The fraction of sp³-hybridized carbons (Fsp3) is 0.500. The molecule has 0 aromatic carbocycles. The molecule has 0 spiro atoms.